The minimum atomic E-state index is 0.677. The van der Waals surface area contributed by atoms with Crippen LogP contribution in [0.2, 0.25) is 5.02 Å². The van der Waals surface area contributed by atoms with Crippen molar-refractivity contribution < 1.29 is 0 Å². The van der Waals surface area contributed by atoms with Gasteiger partial charge in [0.1, 0.15) is 0 Å². The largest absolute Gasteiger partial charge is 0.312 e. The number of hydrogen-bond acceptors (Lipinski definition) is 3. The predicted octanol–water partition coefficient (Wildman–Crippen LogP) is 4.52. The van der Waals surface area contributed by atoms with Crippen molar-refractivity contribution in [2.24, 2.45) is 5.92 Å². The van der Waals surface area contributed by atoms with Crippen LogP contribution in [0.25, 0.3) is 0 Å². The van der Waals surface area contributed by atoms with Crippen LogP contribution >= 0.6 is 23.4 Å². The van der Waals surface area contributed by atoms with Crippen LogP contribution in [0.4, 0.5) is 0 Å². The monoisotopic (exact) mass is 328 g/mol. The van der Waals surface area contributed by atoms with Crippen LogP contribution in [-0.4, -0.2) is 36.8 Å². The molecule has 0 saturated heterocycles. The second-order valence-electron chi connectivity index (χ2n) is 5.65. The Hall–Kier alpha value is -0.220. The Bertz CT molecular complexity index is 406. The first-order chi connectivity index (χ1) is 10.1. The fourth-order valence-electron chi connectivity index (χ4n) is 2.13. The molecular weight excluding hydrogens is 300 g/mol. The summed E-state index contributed by atoms with van der Waals surface area (Å²) in [5, 5.41) is 4.34. The first-order valence-corrected chi connectivity index (χ1v) is 9.27. The Balaban J connectivity index is 2.55. The van der Waals surface area contributed by atoms with Crippen LogP contribution in [-0.2, 0) is 6.54 Å². The number of rotatable bonds is 10. The average molecular weight is 329 g/mol. The molecule has 120 valence electrons. The lowest BCUT2D eigenvalue weighted by atomic mass is 10.2. The smallest absolute Gasteiger partial charge is 0.0417 e. The van der Waals surface area contributed by atoms with Crippen LogP contribution in [0.1, 0.15) is 33.3 Å². The van der Waals surface area contributed by atoms with E-state index in [4.69, 9.17) is 11.6 Å². The zero-order valence-corrected chi connectivity index (χ0v) is 15.4. The molecule has 0 aliphatic heterocycles. The van der Waals surface area contributed by atoms with Crippen LogP contribution in [0.3, 0.4) is 0 Å². The van der Waals surface area contributed by atoms with Gasteiger partial charge in [0.2, 0.25) is 0 Å². The minimum absolute atomic E-state index is 0.677. The fourth-order valence-corrected chi connectivity index (χ4v) is 3.47. The molecule has 0 aromatic heterocycles. The Kier molecular flexibility index (Phi) is 9.41. The van der Waals surface area contributed by atoms with Crippen molar-refractivity contribution in [2.45, 2.75) is 39.1 Å². The lowest BCUT2D eigenvalue weighted by molar-refractivity contribution is 0.324. The molecule has 1 aromatic carbocycles. The van der Waals surface area contributed by atoms with E-state index in [0.717, 1.165) is 43.5 Å². The summed E-state index contributed by atoms with van der Waals surface area (Å²) < 4.78 is 0. The van der Waals surface area contributed by atoms with Gasteiger partial charge in [0, 0.05) is 28.8 Å². The van der Waals surface area contributed by atoms with Gasteiger partial charge < -0.3 is 10.2 Å². The van der Waals surface area contributed by atoms with Crippen molar-refractivity contribution in [3.05, 3.63) is 28.8 Å². The summed E-state index contributed by atoms with van der Waals surface area (Å²) in [4.78, 5) is 3.76. The zero-order valence-electron chi connectivity index (χ0n) is 13.8. The van der Waals surface area contributed by atoms with E-state index in [1.807, 2.05) is 17.8 Å². The number of benzene rings is 1. The molecule has 0 aliphatic carbocycles. The van der Waals surface area contributed by atoms with Crippen molar-refractivity contribution in [3.8, 4) is 0 Å². The van der Waals surface area contributed by atoms with Crippen LogP contribution in [0.5, 0.6) is 0 Å². The minimum Gasteiger partial charge on any atom is -0.312 e. The maximum Gasteiger partial charge on any atom is 0.0417 e. The molecule has 2 nitrogen and oxygen atoms in total. The van der Waals surface area contributed by atoms with Gasteiger partial charge in [-0.1, -0.05) is 45.4 Å². The number of nitrogens with one attached hydrogen (secondary N) is 1. The van der Waals surface area contributed by atoms with E-state index in [1.165, 1.54) is 10.5 Å². The second kappa shape index (κ2) is 10.5. The summed E-state index contributed by atoms with van der Waals surface area (Å²) in [6.45, 7) is 14.2. The molecule has 0 heterocycles. The first-order valence-electron chi connectivity index (χ1n) is 7.91. The zero-order chi connectivity index (χ0) is 15.7. The van der Waals surface area contributed by atoms with E-state index >= 15 is 0 Å². The molecule has 0 spiro atoms. The van der Waals surface area contributed by atoms with Gasteiger partial charge in [0.25, 0.3) is 0 Å². The van der Waals surface area contributed by atoms with Crippen molar-refractivity contribution in [3.63, 3.8) is 0 Å². The lowest BCUT2D eigenvalue weighted by Crippen LogP contribution is -2.25. The summed E-state index contributed by atoms with van der Waals surface area (Å²) >= 11 is 8.07. The van der Waals surface area contributed by atoms with E-state index in [0.29, 0.717) is 5.92 Å². The summed E-state index contributed by atoms with van der Waals surface area (Å²) in [6.07, 6.45) is 0. The Labute approximate surface area is 139 Å². The third-order valence-corrected chi connectivity index (χ3v) is 4.77. The second-order valence-corrected chi connectivity index (χ2v) is 7.23. The SMILES string of the molecule is CCN(CC)CCSc1cc(Cl)ccc1CNCC(C)C. The topological polar surface area (TPSA) is 15.3 Å². The number of hydrogen-bond donors (Lipinski definition) is 1. The summed E-state index contributed by atoms with van der Waals surface area (Å²) in [5.41, 5.74) is 1.35. The van der Waals surface area contributed by atoms with Crippen LogP contribution in [0, 0.1) is 5.92 Å². The molecule has 21 heavy (non-hydrogen) atoms. The molecule has 0 unspecified atom stereocenters. The molecule has 0 aliphatic rings. The van der Waals surface area contributed by atoms with Gasteiger partial charge in [0.15, 0.2) is 0 Å². The maximum absolute atomic E-state index is 6.15. The highest BCUT2D eigenvalue weighted by Gasteiger charge is 2.06. The molecule has 1 rings (SSSR count). The Morgan fingerprint density at radius 3 is 2.57 bits per heavy atom. The van der Waals surface area contributed by atoms with Crippen LogP contribution < -0.4 is 5.32 Å². The van der Waals surface area contributed by atoms with Gasteiger partial charge in [-0.2, -0.15) is 0 Å². The average Bonchev–Trinajstić information content (AvgIpc) is 2.45. The number of nitrogens with zero attached hydrogens (tertiary/aromatic N) is 1. The standard InChI is InChI=1S/C17H29ClN2S/c1-5-20(6-2)9-10-21-17-11-16(18)8-7-15(17)13-19-12-14(3)4/h7-8,11,14,19H,5-6,9-10,12-13H2,1-4H3. The van der Waals surface area contributed by atoms with Gasteiger partial charge in [-0.05, 0) is 43.2 Å². The van der Waals surface area contributed by atoms with Crippen LogP contribution in [0.15, 0.2) is 23.1 Å². The van der Waals surface area contributed by atoms with Crippen molar-refractivity contribution in [2.75, 3.05) is 31.9 Å². The molecule has 0 amide bonds. The predicted molar refractivity (Wildman–Crippen MR) is 96.5 cm³/mol. The summed E-state index contributed by atoms with van der Waals surface area (Å²) in [6, 6.07) is 6.23. The number of halogens is 1. The normalized spacial score (nSPS) is 11.6. The first kappa shape index (κ1) is 18.8. The van der Waals surface area contributed by atoms with Crippen molar-refractivity contribution >= 4 is 23.4 Å². The third-order valence-electron chi connectivity index (χ3n) is 3.46. The lowest BCUT2D eigenvalue weighted by Gasteiger charge is -2.18. The highest BCUT2D eigenvalue weighted by molar-refractivity contribution is 7.99. The molecule has 0 bridgehead atoms. The van der Waals surface area contributed by atoms with E-state index in [2.05, 4.69) is 50.0 Å². The highest BCUT2D eigenvalue weighted by atomic mass is 35.5. The molecule has 0 fully saturated rings. The Morgan fingerprint density at radius 1 is 1.24 bits per heavy atom. The molecule has 0 saturated carbocycles. The molecule has 1 N–H and O–H groups in total. The molecular formula is C17H29ClN2S. The molecule has 0 atom stereocenters. The molecule has 0 radical (unpaired) electrons. The van der Waals surface area contributed by atoms with E-state index in [-0.39, 0.29) is 0 Å². The molecule has 1 aromatic rings. The maximum atomic E-state index is 6.15. The van der Waals surface area contributed by atoms with E-state index < -0.39 is 0 Å². The highest BCUT2D eigenvalue weighted by Crippen LogP contribution is 2.26. The van der Waals surface area contributed by atoms with E-state index in [9.17, 15) is 0 Å². The Morgan fingerprint density at radius 2 is 1.95 bits per heavy atom. The van der Waals surface area contributed by atoms with Gasteiger partial charge in [-0.15, -0.1) is 11.8 Å². The van der Waals surface area contributed by atoms with Crippen molar-refractivity contribution in [1.29, 1.82) is 0 Å². The number of thioether (sulfide) groups is 1. The van der Waals surface area contributed by atoms with Gasteiger partial charge >= 0.3 is 0 Å². The third kappa shape index (κ3) is 7.55. The summed E-state index contributed by atoms with van der Waals surface area (Å²) in [7, 11) is 0. The quantitative estimate of drug-likeness (QED) is 0.636. The van der Waals surface area contributed by atoms with E-state index in [1.54, 1.807) is 0 Å². The molecule has 4 heteroatoms. The van der Waals surface area contributed by atoms with Crippen molar-refractivity contribution in [1.82, 2.24) is 10.2 Å². The van der Waals surface area contributed by atoms with Gasteiger partial charge in [-0.25, -0.2) is 0 Å². The summed E-state index contributed by atoms with van der Waals surface area (Å²) in [5.74, 6) is 1.79. The van der Waals surface area contributed by atoms with Gasteiger partial charge in [-0.3, -0.25) is 0 Å². The van der Waals surface area contributed by atoms with Gasteiger partial charge in [0.05, 0.1) is 0 Å². The fraction of sp³-hybridized carbons (Fsp3) is 0.647.